The highest BCUT2D eigenvalue weighted by atomic mass is 16.2. The second-order valence-electron chi connectivity index (χ2n) is 8.66. The first-order chi connectivity index (χ1) is 14.9. The maximum Gasteiger partial charge on any atom is 0.255 e. The van der Waals surface area contributed by atoms with Crippen LogP contribution in [0.15, 0.2) is 54.6 Å². The van der Waals surface area contributed by atoms with Gasteiger partial charge < -0.3 is 10.2 Å². The number of benzene rings is 2. The first-order valence-corrected chi connectivity index (χ1v) is 10.8. The minimum absolute atomic E-state index is 0.0358. The van der Waals surface area contributed by atoms with Crippen LogP contribution in [-0.4, -0.2) is 28.5 Å². The average Bonchev–Trinajstić information content (AvgIpc) is 2.96. The molecule has 1 unspecified atom stereocenters. The highest BCUT2D eigenvalue weighted by molar-refractivity contribution is 6.01. The van der Waals surface area contributed by atoms with Crippen molar-refractivity contribution in [1.29, 1.82) is 0 Å². The summed E-state index contributed by atoms with van der Waals surface area (Å²) in [4.78, 5) is 39.5. The van der Waals surface area contributed by atoms with Crippen LogP contribution in [0.5, 0.6) is 0 Å². The molecule has 5 nitrogen and oxygen atoms in total. The molecule has 0 aromatic heterocycles. The Kier molecular flexibility index (Phi) is 6.03. The van der Waals surface area contributed by atoms with Crippen LogP contribution in [0.4, 0.5) is 0 Å². The number of nitrogens with one attached hydrogen (secondary N) is 1. The van der Waals surface area contributed by atoms with Crippen molar-refractivity contribution in [3.05, 3.63) is 82.4 Å². The lowest BCUT2D eigenvalue weighted by molar-refractivity contribution is -0.123. The number of hydrogen-bond donors (Lipinski definition) is 1. The van der Waals surface area contributed by atoms with E-state index in [0.29, 0.717) is 37.9 Å². The number of rotatable bonds is 5. The number of allylic oxidation sites excluding steroid dienone is 1. The van der Waals surface area contributed by atoms with Crippen molar-refractivity contribution in [2.24, 2.45) is 0 Å². The minimum Gasteiger partial charge on any atom is -0.352 e. The van der Waals surface area contributed by atoms with Gasteiger partial charge in [-0.05, 0) is 48.9 Å². The zero-order valence-electron chi connectivity index (χ0n) is 17.9. The second kappa shape index (κ2) is 8.88. The van der Waals surface area contributed by atoms with Gasteiger partial charge >= 0.3 is 0 Å². The third-order valence-corrected chi connectivity index (χ3v) is 6.16. The molecule has 1 saturated carbocycles. The lowest BCUT2D eigenvalue weighted by atomic mass is 10.1. The predicted molar refractivity (Wildman–Crippen MR) is 119 cm³/mol. The van der Waals surface area contributed by atoms with E-state index >= 15 is 0 Å². The molecule has 2 aliphatic rings. The van der Waals surface area contributed by atoms with E-state index in [9.17, 15) is 14.4 Å². The van der Waals surface area contributed by atoms with E-state index in [4.69, 9.17) is 0 Å². The van der Waals surface area contributed by atoms with Crippen LogP contribution in [0.3, 0.4) is 0 Å². The Labute approximate surface area is 183 Å². The Morgan fingerprint density at radius 2 is 1.87 bits per heavy atom. The van der Waals surface area contributed by atoms with E-state index in [2.05, 4.69) is 11.9 Å². The fourth-order valence-corrected chi connectivity index (χ4v) is 4.40. The van der Waals surface area contributed by atoms with Crippen LogP contribution in [0.2, 0.25) is 0 Å². The van der Waals surface area contributed by atoms with Gasteiger partial charge in [-0.25, -0.2) is 0 Å². The molecule has 160 valence electrons. The number of carbonyl (C=O) groups excluding carboxylic acids is 3. The molecule has 1 N–H and O–H groups in total. The first-order valence-electron chi connectivity index (χ1n) is 10.8. The lowest BCUT2D eigenvalue weighted by Gasteiger charge is -2.25. The normalized spacial score (nSPS) is 18.7. The highest BCUT2D eigenvalue weighted by Crippen LogP contribution is 2.30. The molecular weight excluding hydrogens is 388 g/mol. The number of nitrogens with zero attached hydrogens (tertiary/aromatic N) is 1. The van der Waals surface area contributed by atoms with Crippen molar-refractivity contribution in [2.45, 2.75) is 58.2 Å². The van der Waals surface area contributed by atoms with Crippen LogP contribution >= 0.6 is 0 Å². The maximum atomic E-state index is 12.9. The van der Waals surface area contributed by atoms with Crippen molar-refractivity contribution >= 4 is 17.6 Å². The summed E-state index contributed by atoms with van der Waals surface area (Å²) in [5.41, 5.74) is 5.64. The number of amides is 2. The molecule has 0 spiro atoms. The number of carbonyl (C=O) groups is 3. The molecular formula is C26H28N2O3. The van der Waals surface area contributed by atoms with Crippen molar-refractivity contribution in [3.8, 4) is 0 Å². The van der Waals surface area contributed by atoms with E-state index in [-0.39, 0.29) is 23.6 Å². The molecule has 2 aromatic rings. The van der Waals surface area contributed by atoms with Gasteiger partial charge in [0, 0.05) is 25.1 Å². The Hall–Kier alpha value is -3.21. The van der Waals surface area contributed by atoms with E-state index in [0.717, 1.165) is 35.1 Å². The Bertz CT molecular complexity index is 1040. The lowest BCUT2D eigenvalue weighted by Crippen LogP contribution is -2.40. The molecule has 1 atom stereocenters. The summed E-state index contributed by atoms with van der Waals surface area (Å²) in [5.74, 6) is -0.0191. The number of fused-ring (bicyclic) bond motifs is 1. The molecule has 2 amide bonds. The van der Waals surface area contributed by atoms with Crippen molar-refractivity contribution in [3.63, 3.8) is 0 Å². The van der Waals surface area contributed by atoms with Crippen LogP contribution in [0, 0.1) is 6.92 Å². The third-order valence-electron chi connectivity index (χ3n) is 6.16. The number of hydrogen-bond acceptors (Lipinski definition) is 3. The molecule has 0 bridgehead atoms. The fourth-order valence-electron chi connectivity index (χ4n) is 4.40. The maximum absolute atomic E-state index is 12.9. The smallest absolute Gasteiger partial charge is 0.255 e. The molecule has 1 aliphatic heterocycles. The largest absolute Gasteiger partial charge is 0.352 e. The Balaban J connectivity index is 1.39. The monoisotopic (exact) mass is 416 g/mol. The molecule has 1 heterocycles. The van der Waals surface area contributed by atoms with Crippen LogP contribution in [0.25, 0.3) is 0 Å². The standard InChI is InChI=1S/C26H28N2O3/c1-17-6-8-19(9-7-17)14-25(30)27-15-20-10-11-22-21(13-20)16-28(26(22)31)23-5-3-4-18(2)12-24(23)29/h6-11,13,23H,2-5,12,14-16H2,1H3,(H,27,30). The van der Waals surface area contributed by atoms with Gasteiger partial charge in [0.2, 0.25) is 5.91 Å². The van der Waals surface area contributed by atoms with E-state index < -0.39 is 0 Å². The zero-order valence-corrected chi connectivity index (χ0v) is 17.9. The summed E-state index contributed by atoms with van der Waals surface area (Å²) in [6.07, 6.45) is 3.13. The van der Waals surface area contributed by atoms with Gasteiger partial charge in [0.1, 0.15) is 0 Å². The van der Waals surface area contributed by atoms with Crippen LogP contribution in [-0.2, 0) is 29.1 Å². The summed E-state index contributed by atoms with van der Waals surface area (Å²) < 4.78 is 0. The van der Waals surface area contributed by atoms with Crippen LogP contribution in [0.1, 0.15) is 58.3 Å². The summed E-state index contributed by atoms with van der Waals surface area (Å²) in [6.45, 7) is 6.84. The SMILES string of the molecule is C=C1CCCC(N2Cc3cc(CNC(=O)Cc4ccc(C)cc4)ccc3C2=O)C(=O)C1. The molecule has 2 aromatic carbocycles. The summed E-state index contributed by atoms with van der Waals surface area (Å²) >= 11 is 0. The predicted octanol–water partition coefficient (Wildman–Crippen LogP) is 3.88. The van der Waals surface area contributed by atoms with E-state index in [1.54, 1.807) is 4.90 Å². The van der Waals surface area contributed by atoms with E-state index in [1.807, 2.05) is 49.4 Å². The minimum atomic E-state index is -0.364. The topological polar surface area (TPSA) is 66.5 Å². The fraction of sp³-hybridized carbons (Fsp3) is 0.346. The van der Waals surface area contributed by atoms with Crippen molar-refractivity contribution in [1.82, 2.24) is 10.2 Å². The molecule has 31 heavy (non-hydrogen) atoms. The number of aryl methyl sites for hydroxylation is 1. The second-order valence-corrected chi connectivity index (χ2v) is 8.66. The van der Waals surface area contributed by atoms with Gasteiger partial charge in [0.15, 0.2) is 5.78 Å². The summed E-state index contributed by atoms with van der Waals surface area (Å²) in [5, 5.41) is 2.96. The molecule has 5 heteroatoms. The summed E-state index contributed by atoms with van der Waals surface area (Å²) in [6, 6.07) is 13.2. The van der Waals surface area contributed by atoms with Gasteiger partial charge in [-0.15, -0.1) is 0 Å². The van der Waals surface area contributed by atoms with Crippen molar-refractivity contribution in [2.75, 3.05) is 0 Å². The molecule has 4 rings (SSSR count). The molecule has 1 fully saturated rings. The first kappa shape index (κ1) is 21.0. The average molecular weight is 417 g/mol. The van der Waals surface area contributed by atoms with Gasteiger partial charge in [-0.2, -0.15) is 0 Å². The van der Waals surface area contributed by atoms with Gasteiger partial charge in [-0.1, -0.05) is 54.1 Å². The zero-order chi connectivity index (χ0) is 22.0. The molecule has 0 saturated heterocycles. The van der Waals surface area contributed by atoms with Gasteiger partial charge in [0.05, 0.1) is 12.5 Å². The number of Topliss-reactive ketones (excluding diaryl/α,β-unsaturated/α-hetero) is 1. The van der Waals surface area contributed by atoms with E-state index in [1.165, 1.54) is 5.56 Å². The molecule has 0 radical (unpaired) electrons. The van der Waals surface area contributed by atoms with Crippen LogP contribution < -0.4 is 5.32 Å². The Morgan fingerprint density at radius 3 is 2.65 bits per heavy atom. The highest BCUT2D eigenvalue weighted by Gasteiger charge is 2.36. The van der Waals surface area contributed by atoms with Crippen molar-refractivity contribution < 1.29 is 14.4 Å². The third kappa shape index (κ3) is 4.76. The molecule has 1 aliphatic carbocycles. The van der Waals surface area contributed by atoms with Gasteiger partial charge in [-0.3, -0.25) is 14.4 Å². The quantitative estimate of drug-likeness (QED) is 0.594. The Morgan fingerprint density at radius 1 is 1.13 bits per heavy atom. The summed E-state index contributed by atoms with van der Waals surface area (Å²) in [7, 11) is 0. The van der Waals surface area contributed by atoms with Gasteiger partial charge in [0.25, 0.3) is 5.91 Å². The number of ketones is 1.